The quantitative estimate of drug-likeness (QED) is 0.731. The van der Waals surface area contributed by atoms with Gasteiger partial charge in [0.15, 0.2) is 0 Å². The second kappa shape index (κ2) is 6.91. The normalized spacial score (nSPS) is 12.5. The number of fused-ring (bicyclic) bond motifs is 1. The molecular formula is C19H24N4O. The molecule has 0 aliphatic heterocycles. The van der Waals surface area contributed by atoms with E-state index < -0.39 is 0 Å². The van der Waals surface area contributed by atoms with Crippen LogP contribution in [-0.2, 0) is 11.2 Å². The van der Waals surface area contributed by atoms with E-state index in [4.69, 9.17) is 0 Å². The summed E-state index contributed by atoms with van der Waals surface area (Å²) < 4.78 is 2.03. The largest absolute Gasteiger partial charge is 0.361 e. The molecule has 0 saturated heterocycles. The van der Waals surface area contributed by atoms with Gasteiger partial charge < -0.3 is 14.9 Å². The Hall–Kier alpha value is -2.56. The lowest BCUT2D eigenvalue weighted by atomic mass is 10.1. The number of aromatic amines is 1. The topological polar surface area (TPSA) is 62.7 Å². The van der Waals surface area contributed by atoms with Gasteiger partial charge in [0.2, 0.25) is 5.91 Å². The first kappa shape index (κ1) is 16.3. The number of benzene rings is 1. The average Bonchev–Trinajstić information content (AvgIpc) is 3.15. The van der Waals surface area contributed by atoms with E-state index >= 15 is 0 Å². The fourth-order valence-corrected chi connectivity index (χ4v) is 3.20. The SMILES string of the molecule is Cc1cccc2c(CCNC(=O)CC(C)n3ccnc3C)c[nH]c12. The van der Waals surface area contributed by atoms with Crippen molar-refractivity contribution in [2.24, 2.45) is 0 Å². The van der Waals surface area contributed by atoms with E-state index in [0.29, 0.717) is 13.0 Å². The number of para-hydroxylation sites is 1. The van der Waals surface area contributed by atoms with E-state index in [1.54, 1.807) is 6.20 Å². The lowest BCUT2D eigenvalue weighted by molar-refractivity contribution is -0.121. The summed E-state index contributed by atoms with van der Waals surface area (Å²) >= 11 is 0. The zero-order chi connectivity index (χ0) is 17.1. The molecule has 5 nitrogen and oxygen atoms in total. The van der Waals surface area contributed by atoms with Crippen molar-refractivity contribution < 1.29 is 4.79 Å². The van der Waals surface area contributed by atoms with Crippen LogP contribution in [0.2, 0.25) is 0 Å². The summed E-state index contributed by atoms with van der Waals surface area (Å²) in [6.07, 6.45) is 7.02. The van der Waals surface area contributed by atoms with Crippen LogP contribution in [-0.4, -0.2) is 27.0 Å². The molecule has 5 heteroatoms. The van der Waals surface area contributed by atoms with Gasteiger partial charge in [-0.15, -0.1) is 0 Å². The molecule has 2 aromatic heterocycles. The van der Waals surface area contributed by atoms with E-state index in [0.717, 1.165) is 12.2 Å². The van der Waals surface area contributed by atoms with E-state index in [-0.39, 0.29) is 11.9 Å². The lowest BCUT2D eigenvalue weighted by Gasteiger charge is -2.14. The maximum absolute atomic E-state index is 12.2. The first-order chi connectivity index (χ1) is 11.6. The van der Waals surface area contributed by atoms with Crippen LogP contribution in [0, 0.1) is 13.8 Å². The molecule has 0 aliphatic carbocycles. The van der Waals surface area contributed by atoms with Crippen molar-refractivity contribution in [1.82, 2.24) is 19.9 Å². The molecule has 3 rings (SSSR count). The molecule has 0 radical (unpaired) electrons. The van der Waals surface area contributed by atoms with Crippen molar-refractivity contribution >= 4 is 16.8 Å². The Morgan fingerprint density at radius 3 is 2.96 bits per heavy atom. The third kappa shape index (κ3) is 3.35. The van der Waals surface area contributed by atoms with Crippen LogP contribution in [0.3, 0.4) is 0 Å². The molecule has 0 bridgehead atoms. The second-order valence-electron chi connectivity index (χ2n) is 6.35. The van der Waals surface area contributed by atoms with Crippen LogP contribution in [0.4, 0.5) is 0 Å². The first-order valence-corrected chi connectivity index (χ1v) is 8.38. The van der Waals surface area contributed by atoms with Crippen LogP contribution in [0.5, 0.6) is 0 Å². The highest BCUT2D eigenvalue weighted by molar-refractivity contribution is 5.86. The molecule has 2 heterocycles. The third-order valence-corrected chi connectivity index (χ3v) is 4.54. The number of imidazole rings is 1. The zero-order valence-electron chi connectivity index (χ0n) is 14.5. The summed E-state index contributed by atoms with van der Waals surface area (Å²) in [5.41, 5.74) is 3.67. The number of carbonyl (C=O) groups is 1. The van der Waals surface area contributed by atoms with Crippen molar-refractivity contribution in [1.29, 1.82) is 0 Å². The predicted molar refractivity (Wildman–Crippen MR) is 96.0 cm³/mol. The van der Waals surface area contributed by atoms with Crippen molar-refractivity contribution in [2.75, 3.05) is 6.54 Å². The molecule has 0 aliphatic rings. The Labute approximate surface area is 142 Å². The summed E-state index contributed by atoms with van der Waals surface area (Å²) in [6.45, 7) is 6.74. The number of nitrogens with zero attached hydrogens (tertiary/aromatic N) is 2. The number of hydrogen-bond acceptors (Lipinski definition) is 2. The van der Waals surface area contributed by atoms with Gasteiger partial charge >= 0.3 is 0 Å². The molecule has 2 N–H and O–H groups in total. The van der Waals surface area contributed by atoms with E-state index in [2.05, 4.69) is 40.4 Å². The van der Waals surface area contributed by atoms with Crippen molar-refractivity contribution in [3.8, 4) is 0 Å². The number of nitrogens with one attached hydrogen (secondary N) is 2. The van der Waals surface area contributed by atoms with Gasteiger partial charge in [-0.3, -0.25) is 4.79 Å². The summed E-state index contributed by atoms with van der Waals surface area (Å²) in [7, 11) is 0. The van der Waals surface area contributed by atoms with Crippen LogP contribution >= 0.6 is 0 Å². The number of aromatic nitrogens is 3. The summed E-state index contributed by atoms with van der Waals surface area (Å²) in [5, 5.41) is 4.27. The Bertz CT molecular complexity index is 846. The minimum absolute atomic E-state index is 0.0756. The molecule has 1 aromatic carbocycles. The Morgan fingerprint density at radius 1 is 1.38 bits per heavy atom. The van der Waals surface area contributed by atoms with E-state index in [1.807, 2.05) is 30.8 Å². The van der Waals surface area contributed by atoms with Gasteiger partial charge in [-0.2, -0.15) is 0 Å². The molecule has 24 heavy (non-hydrogen) atoms. The zero-order valence-corrected chi connectivity index (χ0v) is 14.5. The van der Waals surface area contributed by atoms with Gasteiger partial charge in [0.05, 0.1) is 0 Å². The van der Waals surface area contributed by atoms with Gasteiger partial charge in [-0.25, -0.2) is 4.98 Å². The number of rotatable bonds is 6. The molecule has 0 fully saturated rings. The maximum Gasteiger partial charge on any atom is 0.222 e. The molecule has 1 atom stereocenters. The molecule has 1 unspecified atom stereocenters. The van der Waals surface area contributed by atoms with Gasteiger partial charge in [-0.05, 0) is 38.3 Å². The molecule has 126 valence electrons. The Morgan fingerprint density at radius 2 is 2.21 bits per heavy atom. The number of hydrogen-bond donors (Lipinski definition) is 2. The Balaban J connectivity index is 1.53. The highest BCUT2D eigenvalue weighted by atomic mass is 16.1. The number of carbonyl (C=O) groups excluding carboxylic acids is 1. The molecular weight excluding hydrogens is 300 g/mol. The minimum atomic E-state index is 0.0756. The van der Waals surface area contributed by atoms with Crippen molar-refractivity contribution in [3.05, 3.63) is 53.7 Å². The number of amides is 1. The van der Waals surface area contributed by atoms with Gasteiger partial charge in [-0.1, -0.05) is 18.2 Å². The average molecular weight is 324 g/mol. The van der Waals surface area contributed by atoms with Crippen LogP contribution < -0.4 is 5.32 Å². The number of aryl methyl sites for hydroxylation is 2. The first-order valence-electron chi connectivity index (χ1n) is 8.38. The predicted octanol–water partition coefficient (Wildman–Crippen LogP) is 3.29. The fraction of sp³-hybridized carbons (Fsp3) is 0.368. The van der Waals surface area contributed by atoms with E-state index in [9.17, 15) is 4.79 Å². The minimum Gasteiger partial charge on any atom is -0.361 e. The number of H-pyrrole nitrogens is 1. The highest BCUT2D eigenvalue weighted by Gasteiger charge is 2.12. The molecule has 1 amide bonds. The summed E-state index contributed by atoms with van der Waals surface area (Å²) in [4.78, 5) is 19.7. The van der Waals surface area contributed by atoms with Gasteiger partial charge in [0.25, 0.3) is 0 Å². The highest BCUT2D eigenvalue weighted by Crippen LogP contribution is 2.21. The fourth-order valence-electron chi connectivity index (χ4n) is 3.20. The van der Waals surface area contributed by atoms with Crippen LogP contribution in [0.1, 0.15) is 36.3 Å². The lowest BCUT2D eigenvalue weighted by Crippen LogP contribution is -2.27. The van der Waals surface area contributed by atoms with Crippen molar-refractivity contribution in [3.63, 3.8) is 0 Å². The molecule has 0 spiro atoms. The van der Waals surface area contributed by atoms with Gasteiger partial charge in [0.1, 0.15) is 5.82 Å². The Kier molecular flexibility index (Phi) is 4.69. The third-order valence-electron chi connectivity index (χ3n) is 4.54. The maximum atomic E-state index is 12.2. The van der Waals surface area contributed by atoms with Crippen LogP contribution in [0.25, 0.3) is 10.9 Å². The standard InChI is InChI=1S/C19H24N4O/c1-13-5-4-6-17-16(12-22-19(13)17)7-8-21-18(24)11-14(2)23-10-9-20-15(23)3/h4-6,9-10,12,14,22H,7-8,11H2,1-3H3,(H,21,24). The molecule has 3 aromatic rings. The van der Waals surface area contributed by atoms with Crippen molar-refractivity contribution in [2.45, 2.75) is 39.7 Å². The van der Waals surface area contributed by atoms with Gasteiger partial charge in [0, 0.05) is 48.5 Å². The smallest absolute Gasteiger partial charge is 0.222 e. The summed E-state index contributed by atoms with van der Waals surface area (Å²) in [6, 6.07) is 6.41. The second-order valence-corrected chi connectivity index (χ2v) is 6.35. The van der Waals surface area contributed by atoms with E-state index in [1.165, 1.54) is 22.0 Å². The monoisotopic (exact) mass is 324 g/mol. The summed E-state index contributed by atoms with van der Waals surface area (Å²) in [5.74, 6) is 1.01. The van der Waals surface area contributed by atoms with Crippen LogP contribution in [0.15, 0.2) is 36.8 Å². The molecule has 0 saturated carbocycles.